The summed E-state index contributed by atoms with van der Waals surface area (Å²) < 4.78 is 11.7. The molecule has 0 bridgehead atoms. The molecule has 4 heteroatoms. The normalized spacial score (nSPS) is 14.6. The van der Waals surface area contributed by atoms with Crippen LogP contribution in [0.3, 0.4) is 0 Å². The Morgan fingerprint density at radius 2 is 1.71 bits per heavy atom. The molecule has 0 saturated heterocycles. The molecule has 0 radical (unpaired) electrons. The molecular formula is C17H34O3Si. The minimum Gasteiger partial charge on any atom is -0.462 e. The lowest BCUT2D eigenvalue weighted by molar-refractivity contribution is -0.138. The number of hydrogen-bond acceptors (Lipinski definition) is 3. The molecule has 0 amide bonds. The number of esters is 1. The van der Waals surface area contributed by atoms with Gasteiger partial charge in [0.05, 0.1) is 6.61 Å². The lowest BCUT2D eigenvalue weighted by Gasteiger charge is -2.38. The van der Waals surface area contributed by atoms with Gasteiger partial charge in [-0.25, -0.2) is 4.79 Å². The molecule has 0 aliphatic rings. The van der Waals surface area contributed by atoms with Crippen molar-refractivity contribution in [3.63, 3.8) is 0 Å². The smallest absolute Gasteiger partial charge is 0.333 e. The van der Waals surface area contributed by atoms with E-state index in [0.717, 1.165) is 18.5 Å². The fraction of sp³-hybridized carbons (Fsp3) is 0.824. The Morgan fingerprint density at radius 1 is 1.14 bits per heavy atom. The Hall–Kier alpha value is -0.613. The zero-order valence-corrected chi connectivity index (χ0v) is 16.0. The summed E-state index contributed by atoms with van der Waals surface area (Å²) in [5.74, 6) is 0.344. The summed E-state index contributed by atoms with van der Waals surface area (Å²) in [6, 6.07) is 2.21. The van der Waals surface area contributed by atoms with Crippen molar-refractivity contribution < 1.29 is 14.0 Å². The van der Waals surface area contributed by atoms with Gasteiger partial charge in [-0.1, -0.05) is 34.3 Å². The number of rotatable bonds is 10. The van der Waals surface area contributed by atoms with Crippen molar-refractivity contribution in [3.05, 3.63) is 12.2 Å². The van der Waals surface area contributed by atoms with Gasteiger partial charge >= 0.3 is 5.97 Å². The van der Waals surface area contributed by atoms with Gasteiger partial charge in [-0.2, -0.15) is 0 Å². The standard InChI is InChI=1S/C17H34O3Si/c1-13(2)12-21(16(7)8,20-15(5)6)11-9-10-19-17(18)14(3)4/h13,15-16H,3,9-12H2,1-2,4-8H3. The monoisotopic (exact) mass is 314 g/mol. The van der Waals surface area contributed by atoms with E-state index in [2.05, 4.69) is 48.1 Å². The molecular weight excluding hydrogens is 280 g/mol. The van der Waals surface area contributed by atoms with Gasteiger partial charge in [0.25, 0.3) is 0 Å². The second-order valence-corrected chi connectivity index (χ2v) is 11.4. The van der Waals surface area contributed by atoms with Crippen LogP contribution in [0, 0.1) is 5.92 Å². The van der Waals surface area contributed by atoms with Gasteiger partial charge in [-0.05, 0) is 50.7 Å². The molecule has 124 valence electrons. The predicted octanol–water partition coefficient (Wildman–Crippen LogP) is 4.93. The van der Waals surface area contributed by atoms with Crippen LogP contribution >= 0.6 is 0 Å². The number of carbonyl (C=O) groups is 1. The predicted molar refractivity (Wildman–Crippen MR) is 91.9 cm³/mol. The molecule has 0 heterocycles. The molecule has 21 heavy (non-hydrogen) atoms. The molecule has 0 aromatic heterocycles. The lowest BCUT2D eigenvalue weighted by Crippen LogP contribution is -2.45. The Balaban J connectivity index is 4.65. The average molecular weight is 315 g/mol. The first-order valence-electron chi connectivity index (χ1n) is 8.11. The van der Waals surface area contributed by atoms with E-state index >= 15 is 0 Å². The third-order valence-electron chi connectivity index (χ3n) is 3.60. The molecule has 1 atom stereocenters. The first kappa shape index (κ1) is 20.4. The highest BCUT2D eigenvalue weighted by atomic mass is 28.4. The van der Waals surface area contributed by atoms with E-state index in [9.17, 15) is 4.79 Å². The topological polar surface area (TPSA) is 35.5 Å². The van der Waals surface area contributed by atoms with E-state index in [1.165, 1.54) is 0 Å². The molecule has 3 nitrogen and oxygen atoms in total. The van der Waals surface area contributed by atoms with Gasteiger partial charge in [0, 0.05) is 11.7 Å². The molecule has 0 fully saturated rings. The van der Waals surface area contributed by atoms with Gasteiger partial charge in [-0.15, -0.1) is 0 Å². The van der Waals surface area contributed by atoms with E-state index in [1.54, 1.807) is 6.92 Å². The Labute approximate surface area is 132 Å². The van der Waals surface area contributed by atoms with Gasteiger partial charge in [-0.3, -0.25) is 0 Å². The second-order valence-electron chi connectivity index (χ2n) is 7.00. The van der Waals surface area contributed by atoms with Crippen LogP contribution in [0.2, 0.25) is 17.6 Å². The van der Waals surface area contributed by atoms with Crippen LogP contribution < -0.4 is 0 Å². The van der Waals surface area contributed by atoms with Gasteiger partial charge in [0.2, 0.25) is 0 Å². The third-order valence-corrected chi connectivity index (χ3v) is 9.35. The van der Waals surface area contributed by atoms with E-state index in [-0.39, 0.29) is 12.1 Å². The maximum atomic E-state index is 11.4. The lowest BCUT2D eigenvalue weighted by atomic mass is 10.3. The van der Waals surface area contributed by atoms with Crippen LogP contribution in [-0.4, -0.2) is 27.0 Å². The minimum absolute atomic E-state index is 0.260. The number of hydrogen-bond donors (Lipinski definition) is 0. The van der Waals surface area contributed by atoms with Crippen molar-refractivity contribution in [1.82, 2.24) is 0 Å². The van der Waals surface area contributed by atoms with Crippen LogP contribution in [0.5, 0.6) is 0 Å². The summed E-state index contributed by atoms with van der Waals surface area (Å²) >= 11 is 0. The first-order chi connectivity index (χ1) is 9.60. The van der Waals surface area contributed by atoms with Crippen LogP contribution in [0.15, 0.2) is 12.2 Å². The van der Waals surface area contributed by atoms with E-state index in [4.69, 9.17) is 9.16 Å². The zero-order valence-electron chi connectivity index (χ0n) is 15.0. The van der Waals surface area contributed by atoms with Crippen molar-refractivity contribution in [1.29, 1.82) is 0 Å². The summed E-state index contributed by atoms with van der Waals surface area (Å²) in [4.78, 5) is 11.4. The summed E-state index contributed by atoms with van der Waals surface area (Å²) in [7, 11) is -1.81. The maximum Gasteiger partial charge on any atom is 0.333 e. The Bertz CT molecular complexity index is 325. The van der Waals surface area contributed by atoms with Crippen LogP contribution in [0.4, 0.5) is 0 Å². The molecule has 0 N–H and O–H groups in total. The summed E-state index contributed by atoms with van der Waals surface area (Å²) in [5.41, 5.74) is 1.03. The Morgan fingerprint density at radius 3 is 2.10 bits per heavy atom. The number of carbonyl (C=O) groups excluding carboxylic acids is 1. The van der Waals surface area contributed by atoms with Crippen molar-refractivity contribution in [2.45, 2.75) is 78.6 Å². The molecule has 0 saturated carbocycles. The van der Waals surface area contributed by atoms with Gasteiger partial charge < -0.3 is 9.16 Å². The Kier molecular flexibility index (Phi) is 9.14. The highest BCUT2D eigenvalue weighted by molar-refractivity contribution is 6.75. The summed E-state index contributed by atoms with van der Waals surface area (Å²) in [6.45, 7) is 19.0. The quantitative estimate of drug-likeness (QED) is 0.248. The third kappa shape index (κ3) is 7.81. The molecule has 0 aromatic rings. The van der Waals surface area contributed by atoms with E-state index in [0.29, 0.717) is 23.6 Å². The first-order valence-corrected chi connectivity index (χ1v) is 10.5. The molecule has 1 unspecified atom stereocenters. The molecule has 0 spiro atoms. The van der Waals surface area contributed by atoms with Crippen molar-refractivity contribution in [2.24, 2.45) is 5.92 Å². The second kappa shape index (κ2) is 9.41. The fourth-order valence-corrected chi connectivity index (χ4v) is 7.49. The molecule has 0 rings (SSSR count). The maximum absolute atomic E-state index is 11.4. The molecule has 0 aromatic carbocycles. The average Bonchev–Trinajstić information content (AvgIpc) is 2.32. The molecule has 0 aliphatic carbocycles. The van der Waals surface area contributed by atoms with E-state index in [1.807, 2.05) is 0 Å². The SMILES string of the molecule is C=C(C)C(=O)OCCC[Si](CC(C)C)(OC(C)C)C(C)C. The summed E-state index contributed by atoms with van der Waals surface area (Å²) in [5, 5.41) is 0. The van der Waals surface area contributed by atoms with Crippen LogP contribution in [0.25, 0.3) is 0 Å². The fourth-order valence-electron chi connectivity index (χ4n) is 2.69. The number of ether oxygens (including phenoxy) is 1. The van der Waals surface area contributed by atoms with Gasteiger partial charge in [0.1, 0.15) is 0 Å². The minimum atomic E-state index is -1.81. The highest BCUT2D eigenvalue weighted by Crippen LogP contribution is 2.35. The highest BCUT2D eigenvalue weighted by Gasteiger charge is 2.39. The van der Waals surface area contributed by atoms with E-state index < -0.39 is 8.32 Å². The van der Waals surface area contributed by atoms with Crippen LogP contribution in [0.1, 0.15) is 54.9 Å². The largest absolute Gasteiger partial charge is 0.462 e. The van der Waals surface area contributed by atoms with Crippen molar-refractivity contribution in [2.75, 3.05) is 6.61 Å². The van der Waals surface area contributed by atoms with Crippen LogP contribution in [-0.2, 0) is 14.0 Å². The van der Waals surface area contributed by atoms with Gasteiger partial charge in [0.15, 0.2) is 8.32 Å². The summed E-state index contributed by atoms with van der Waals surface area (Å²) in [6.07, 6.45) is 1.14. The zero-order chi connectivity index (χ0) is 16.6. The van der Waals surface area contributed by atoms with Crippen molar-refractivity contribution in [3.8, 4) is 0 Å². The molecule has 0 aliphatic heterocycles. The van der Waals surface area contributed by atoms with Crippen molar-refractivity contribution >= 4 is 14.3 Å².